The van der Waals surface area contributed by atoms with Crippen LogP contribution in [0.2, 0.25) is 0 Å². The van der Waals surface area contributed by atoms with E-state index in [0.717, 1.165) is 5.46 Å². The molecule has 1 fully saturated rings. The number of aromatic nitrogens is 1. The number of carbonyl (C=O) groups excluding carboxylic acids is 2. The molecule has 1 saturated heterocycles. The zero-order chi connectivity index (χ0) is 22.0. The number of alkyl carbamates (subject to hydrolysis) is 1. The van der Waals surface area contributed by atoms with Crippen molar-refractivity contribution in [2.45, 2.75) is 77.7 Å². The normalized spacial score (nSPS) is 18.8. The fourth-order valence-corrected chi connectivity index (χ4v) is 2.73. The molecule has 1 aromatic rings. The summed E-state index contributed by atoms with van der Waals surface area (Å²) in [7, 11) is 0.720. The van der Waals surface area contributed by atoms with Gasteiger partial charge in [-0.1, -0.05) is 0 Å². The minimum Gasteiger partial charge on any atom is -0.467 e. The van der Waals surface area contributed by atoms with Crippen molar-refractivity contribution >= 4 is 24.6 Å². The average molecular weight is 406 g/mol. The molecule has 0 spiro atoms. The minimum atomic E-state index is -0.934. The van der Waals surface area contributed by atoms with Crippen molar-refractivity contribution in [2.75, 3.05) is 7.11 Å². The van der Waals surface area contributed by atoms with Crippen molar-refractivity contribution in [1.29, 1.82) is 0 Å². The first-order valence-corrected chi connectivity index (χ1v) is 9.62. The van der Waals surface area contributed by atoms with Gasteiger partial charge in [0.25, 0.3) is 0 Å². The summed E-state index contributed by atoms with van der Waals surface area (Å²) >= 11 is 0. The van der Waals surface area contributed by atoms with Gasteiger partial charge in [-0.25, -0.2) is 9.59 Å². The van der Waals surface area contributed by atoms with Gasteiger partial charge < -0.3 is 24.1 Å². The van der Waals surface area contributed by atoms with Crippen molar-refractivity contribution in [1.82, 2.24) is 10.3 Å². The Morgan fingerprint density at radius 1 is 1.21 bits per heavy atom. The van der Waals surface area contributed by atoms with Gasteiger partial charge in [0.1, 0.15) is 11.6 Å². The van der Waals surface area contributed by atoms with E-state index in [1.165, 1.54) is 7.11 Å². The second-order valence-electron chi connectivity index (χ2n) is 9.09. The van der Waals surface area contributed by atoms with Crippen LogP contribution in [-0.2, 0) is 30.0 Å². The molecule has 2 rings (SSSR count). The Hall–Kier alpha value is -2.13. The first-order chi connectivity index (χ1) is 13.2. The molecule has 1 aliphatic rings. The predicted octanol–water partition coefficient (Wildman–Crippen LogP) is 1.99. The highest BCUT2D eigenvalue weighted by molar-refractivity contribution is 6.62. The quantitative estimate of drug-likeness (QED) is 0.590. The molecule has 1 aliphatic heterocycles. The van der Waals surface area contributed by atoms with E-state index in [1.54, 1.807) is 39.1 Å². The molecule has 2 heterocycles. The highest BCUT2D eigenvalue weighted by Crippen LogP contribution is 2.36. The molecule has 160 valence electrons. The third kappa shape index (κ3) is 5.93. The van der Waals surface area contributed by atoms with Gasteiger partial charge in [-0.3, -0.25) is 4.98 Å². The van der Waals surface area contributed by atoms with E-state index in [-0.39, 0.29) is 6.42 Å². The van der Waals surface area contributed by atoms with Gasteiger partial charge in [0.15, 0.2) is 0 Å². The third-order valence-corrected chi connectivity index (χ3v) is 4.96. The Labute approximate surface area is 172 Å². The highest BCUT2D eigenvalue weighted by Gasteiger charge is 2.51. The molecule has 9 heteroatoms. The number of hydrogen-bond donors (Lipinski definition) is 1. The third-order valence-electron chi connectivity index (χ3n) is 4.96. The lowest BCUT2D eigenvalue weighted by atomic mass is 9.79. The van der Waals surface area contributed by atoms with E-state index >= 15 is 0 Å². The van der Waals surface area contributed by atoms with Crippen LogP contribution in [0, 0.1) is 0 Å². The Kier molecular flexibility index (Phi) is 6.64. The first kappa shape index (κ1) is 23.2. The number of nitrogens with zero attached hydrogens (tertiary/aromatic N) is 1. The maximum absolute atomic E-state index is 12.2. The van der Waals surface area contributed by atoms with Gasteiger partial charge in [0.2, 0.25) is 0 Å². The van der Waals surface area contributed by atoms with Crippen LogP contribution >= 0.6 is 0 Å². The lowest BCUT2D eigenvalue weighted by Gasteiger charge is -2.32. The number of ether oxygens (including phenoxy) is 2. The maximum atomic E-state index is 12.2. The highest BCUT2D eigenvalue weighted by atomic mass is 16.7. The van der Waals surface area contributed by atoms with Gasteiger partial charge >= 0.3 is 19.2 Å². The lowest BCUT2D eigenvalue weighted by Crippen LogP contribution is -2.45. The molecule has 1 N–H and O–H groups in total. The summed E-state index contributed by atoms with van der Waals surface area (Å²) in [4.78, 5) is 28.6. The number of esters is 1. The summed E-state index contributed by atoms with van der Waals surface area (Å²) in [6.07, 6.45) is 1.06. The number of hydrogen-bond acceptors (Lipinski definition) is 7. The molecule has 8 nitrogen and oxygen atoms in total. The van der Waals surface area contributed by atoms with Gasteiger partial charge in [-0.2, -0.15) is 0 Å². The number of amides is 1. The van der Waals surface area contributed by atoms with Crippen LogP contribution in [0.3, 0.4) is 0 Å². The number of carbonyl (C=O) groups is 2. The molecule has 1 aromatic heterocycles. The van der Waals surface area contributed by atoms with E-state index < -0.39 is 42.0 Å². The van der Waals surface area contributed by atoms with E-state index in [1.807, 2.05) is 27.7 Å². The van der Waals surface area contributed by atoms with E-state index in [0.29, 0.717) is 5.69 Å². The van der Waals surface area contributed by atoms with Crippen molar-refractivity contribution in [3.63, 3.8) is 0 Å². The van der Waals surface area contributed by atoms with Gasteiger partial charge in [0.05, 0.1) is 18.3 Å². The van der Waals surface area contributed by atoms with Crippen molar-refractivity contribution in [3.8, 4) is 0 Å². The second kappa shape index (κ2) is 8.32. The summed E-state index contributed by atoms with van der Waals surface area (Å²) in [5.74, 6) is -0.585. The molecule has 1 unspecified atom stereocenters. The van der Waals surface area contributed by atoms with Crippen molar-refractivity contribution < 1.29 is 28.4 Å². The fraction of sp³-hybridized carbons (Fsp3) is 0.650. The monoisotopic (exact) mass is 406 g/mol. The molecule has 0 bridgehead atoms. The van der Waals surface area contributed by atoms with Crippen LogP contribution in [0.15, 0.2) is 18.3 Å². The summed E-state index contributed by atoms with van der Waals surface area (Å²) in [5, 5.41) is 2.55. The molecule has 29 heavy (non-hydrogen) atoms. The van der Waals surface area contributed by atoms with Crippen molar-refractivity contribution in [2.24, 2.45) is 0 Å². The molecule has 0 saturated carbocycles. The van der Waals surface area contributed by atoms with Crippen LogP contribution in [0.1, 0.15) is 54.2 Å². The van der Waals surface area contributed by atoms with Gasteiger partial charge in [-0.15, -0.1) is 0 Å². The number of pyridine rings is 1. The predicted molar refractivity (Wildman–Crippen MR) is 109 cm³/mol. The Balaban J connectivity index is 2.15. The molecule has 1 amide bonds. The zero-order valence-corrected chi connectivity index (χ0v) is 18.5. The fourth-order valence-electron chi connectivity index (χ4n) is 2.73. The van der Waals surface area contributed by atoms with Crippen LogP contribution in [-0.4, -0.2) is 54.1 Å². The summed E-state index contributed by atoms with van der Waals surface area (Å²) in [5.41, 5.74) is -0.236. The van der Waals surface area contributed by atoms with Crippen LogP contribution < -0.4 is 10.8 Å². The van der Waals surface area contributed by atoms with Crippen LogP contribution in [0.5, 0.6) is 0 Å². The SMILES string of the molecule is COC(=O)C(Cc1cc(B2OC(C)(C)C(C)(C)O2)ccn1)NC(=O)OC(C)(C)C. The van der Waals surface area contributed by atoms with Crippen LogP contribution in [0.25, 0.3) is 0 Å². The maximum Gasteiger partial charge on any atom is 0.494 e. The topological polar surface area (TPSA) is 96.0 Å². The minimum absolute atomic E-state index is 0.138. The first-order valence-electron chi connectivity index (χ1n) is 9.62. The van der Waals surface area contributed by atoms with Gasteiger partial charge in [-0.05, 0) is 66.1 Å². The lowest BCUT2D eigenvalue weighted by molar-refractivity contribution is -0.143. The Bertz CT molecular complexity index is 744. The summed E-state index contributed by atoms with van der Waals surface area (Å²) < 4.78 is 22.2. The molecular weight excluding hydrogens is 375 g/mol. The van der Waals surface area contributed by atoms with Crippen LogP contribution in [0.4, 0.5) is 4.79 Å². The summed E-state index contributed by atoms with van der Waals surface area (Å²) in [6, 6.07) is 2.67. The standard InChI is InChI=1S/C20H31BN2O6/c1-18(2,3)27-17(25)23-15(16(24)26-8)12-14-11-13(9-10-22-14)21-28-19(4,5)20(6,7)29-21/h9-11,15H,12H2,1-8H3,(H,23,25). The second-order valence-corrected chi connectivity index (χ2v) is 9.09. The number of methoxy groups -OCH3 is 1. The van der Waals surface area contributed by atoms with Crippen molar-refractivity contribution in [3.05, 3.63) is 24.0 Å². The van der Waals surface area contributed by atoms with E-state index in [2.05, 4.69) is 10.3 Å². The molecular formula is C20H31BN2O6. The largest absolute Gasteiger partial charge is 0.494 e. The number of nitrogens with one attached hydrogen (secondary N) is 1. The molecule has 0 radical (unpaired) electrons. The zero-order valence-electron chi connectivity index (χ0n) is 18.5. The molecule has 0 aromatic carbocycles. The Morgan fingerprint density at radius 2 is 1.79 bits per heavy atom. The van der Waals surface area contributed by atoms with E-state index in [9.17, 15) is 9.59 Å². The Morgan fingerprint density at radius 3 is 2.31 bits per heavy atom. The molecule has 1 atom stereocenters. The smallest absolute Gasteiger partial charge is 0.467 e. The number of rotatable bonds is 5. The van der Waals surface area contributed by atoms with E-state index in [4.69, 9.17) is 18.8 Å². The molecule has 0 aliphatic carbocycles. The summed E-state index contributed by atoms with van der Waals surface area (Å²) in [6.45, 7) is 13.2. The average Bonchev–Trinajstić information content (AvgIpc) is 2.80. The van der Waals surface area contributed by atoms with Gasteiger partial charge in [0, 0.05) is 18.3 Å².